The Bertz CT molecular complexity index is 1040. The van der Waals surface area contributed by atoms with Crippen molar-refractivity contribution in [1.82, 2.24) is 4.98 Å². The second kappa shape index (κ2) is 7.48. The van der Waals surface area contributed by atoms with Crippen molar-refractivity contribution >= 4 is 39.8 Å². The van der Waals surface area contributed by atoms with Crippen LogP contribution in [0.3, 0.4) is 0 Å². The highest BCUT2D eigenvalue weighted by atomic mass is 35.5. The fourth-order valence-electron chi connectivity index (χ4n) is 2.53. The minimum atomic E-state index is -4.72. The Morgan fingerprint density at radius 1 is 1.18 bits per heavy atom. The second-order valence-corrected chi connectivity index (χ2v) is 7.67. The van der Waals surface area contributed by atoms with Gasteiger partial charge in [-0.2, -0.15) is 13.2 Å². The van der Waals surface area contributed by atoms with E-state index in [0.717, 1.165) is 22.1 Å². The van der Waals surface area contributed by atoms with Gasteiger partial charge >= 0.3 is 12.2 Å². The maximum atomic E-state index is 13.0. The van der Waals surface area contributed by atoms with Crippen LogP contribution in [0.5, 0.6) is 0 Å². The first-order valence-corrected chi connectivity index (χ1v) is 9.23. The molecule has 2 amide bonds. The number of hydrogen-bond acceptors (Lipinski definition) is 4. The molecule has 0 spiro atoms. The van der Waals surface area contributed by atoms with Gasteiger partial charge in [-0.15, -0.1) is 11.3 Å². The summed E-state index contributed by atoms with van der Waals surface area (Å²) in [6, 6.07) is 5.74. The predicted octanol–water partition coefficient (Wildman–Crippen LogP) is 6.64. The molecule has 0 fully saturated rings. The largest absolute Gasteiger partial charge is 0.455 e. The number of nitrogens with one attached hydrogen (secondary N) is 2. The zero-order chi connectivity index (χ0) is 20.6. The van der Waals surface area contributed by atoms with Crippen LogP contribution in [0.4, 0.5) is 28.8 Å². The molecule has 2 N–H and O–H groups in total. The summed E-state index contributed by atoms with van der Waals surface area (Å²) in [4.78, 5) is 17.3. The number of hydrogen-bond donors (Lipinski definition) is 2. The number of benzene rings is 1. The Morgan fingerprint density at radius 2 is 1.89 bits per heavy atom. The normalized spacial score (nSPS) is 11.5. The maximum absolute atomic E-state index is 13.0. The van der Waals surface area contributed by atoms with Gasteiger partial charge in [0.25, 0.3) is 0 Å². The van der Waals surface area contributed by atoms with Gasteiger partial charge in [-0.1, -0.05) is 23.7 Å². The second-order valence-electron chi connectivity index (χ2n) is 6.06. The molecule has 0 aliphatic heterocycles. The number of carbonyl (C=O) groups is 1. The Morgan fingerprint density at radius 3 is 2.54 bits per heavy atom. The van der Waals surface area contributed by atoms with Crippen LogP contribution in [0.25, 0.3) is 11.3 Å². The standard InChI is InChI=1S/C18H15ClF3N3O2S/c1-8-4-5-11(7-12(8)19)14-10(3)28-17(24-14)25-16(26)23-13-6-9(2)27-15(13)18(20,21)22/h4-7H,1-3H3,(H2,23,24,25,26). The van der Waals surface area contributed by atoms with E-state index in [1.807, 2.05) is 26.0 Å². The number of aromatic nitrogens is 1. The van der Waals surface area contributed by atoms with Gasteiger partial charge in [0, 0.05) is 21.5 Å². The SMILES string of the molecule is Cc1cc(NC(=O)Nc2nc(-c3ccc(C)c(Cl)c3)c(C)s2)c(C(F)(F)F)o1. The monoisotopic (exact) mass is 429 g/mol. The van der Waals surface area contributed by atoms with Gasteiger partial charge in [-0.3, -0.25) is 5.32 Å². The molecule has 0 bridgehead atoms. The van der Waals surface area contributed by atoms with Crippen molar-refractivity contribution in [3.8, 4) is 11.3 Å². The van der Waals surface area contributed by atoms with E-state index in [4.69, 9.17) is 11.6 Å². The number of nitrogens with zero attached hydrogens (tertiary/aromatic N) is 1. The Labute approximate surface area is 167 Å². The number of urea groups is 1. The third-order valence-corrected chi connectivity index (χ3v) is 5.12. The highest BCUT2D eigenvalue weighted by Gasteiger charge is 2.38. The number of rotatable bonds is 3. The van der Waals surface area contributed by atoms with Crippen LogP contribution in [0.1, 0.15) is 22.0 Å². The van der Waals surface area contributed by atoms with Crippen LogP contribution < -0.4 is 10.6 Å². The van der Waals surface area contributed by atoms with E-state index < -0.39 is 23.7 Å². The number of furan rings is 1. The fraction of sp³-hybridized carbons (Fsp3) is 0.222. The molecule has 3 aromatic rings. The fourth-order valence-corrected chi connectivity index (χ4v) is 3.54. The van der Waals surface area contributed by atoms with Crippen LogP contribution in [0.15, 0.2) is 28.7 Å². The number of alkyl halides is 3. The van der Waals surface area contributed by atoms with E-state index in [2.05, 4.69) is 20.0 Å². The molecule has 0 atom stereocenters. The molecule has 0 saturated heterocycles. The number of halogens is 4. The molecule has 0 aliphatic rings. The van der Waals surface area contributed by atoms with Crippen molar-refractivity contribution in [2.75, 3.05) is 10.6 Å². The minimum Gasteiger partial charge on any atom is -0.455 e. The zero-order valence-electron chi connectivity index (χ0n) is 15.0. The first-order valence-electron chi connectivity index (χ1n) is 8.04. The first-order chi connectivity index (χ1) is 13.0. The summed E-state index contributed by atoms with van der Waals surface area (Å²) in [6.07, 6.45) is -4.72. The Hall–Kier alpha value is -2.52. The van der Waals surface area contributed by atoms with E-state index in [1.54, 1.807) is 6.07 Å². The molecular formula is C18H15ClF3N3O2S. The summed E-state index contributed by atoms with van der Waals surface area (Å²) < 4.78 is 43.5. The molecular weight excluding hydrogens is 415 g/mol. The quantitative estimate of drug-likeness (QED) is 0.490. The van der Waals surface area contributed by atoms with Gasteiger partial charge < -0.3 is 9.73 Å². The van der Waals surface area contributed by atoms with Crippen molar-refractivity contribution in [2.24, 2.45) is 0 Å². The van der Waals surface area contributed by atoms with Crippen LogP contribution >= 0.6 is 22.9 Å². The van der Waals surface area contributed by atoms with Crippen molar-refractivity contribution in [3.63, 3.8) is 0 Å². The lowest BCUT2D eigenvalue weighted by molar-refractivity contribution is -0.152. The van der Waals surface area contributed by atoms with E-state index in [-0.39, 0.29) is 10.9 Å². The molecule has 0 unspecified atom stereocenters. The molecule has 3 rings (SSSR count). The van der Waals surface area contributed by atoms with Gasteiger partial charge in [0.1, 0.15) is 5.76 Å². The molecule has 5 nitrogen and oxygen atoms in total. The third kappa shape index (κ3) is 4.31. The van der Waals surface area contributed by atoms with Crippen molar-refractivity contribution in [3.05, 3.63) is 51.2 Å². The lowest BCUT2D eigenvalue weighted by atomic mass is 10.1. The number of aryl methyl sites for hydroxylation is 3. The molecule has 2 heterocycles. The number of carbonyl (C=O) groups excluding carboxylic acids is 1. The van der Waals surface area contributed by atoms with Gasteiger partial charge in [0.05, 0.1) is 11.4 Å². The molecule has 0 aliphatic carbocycles. The predicted molar refractivity (Wildman–Crippen MR) is 103 cm³/mol. The molecule has 0 radical (unpaired) electrons. The summed E-state index contributed by atoms with van der Waals surface area (Å²) >= 11 is 7.35. The molecule has 148 valence electrons. The first kappa shape index (κ1) is 20.2. The minimum absolute atomic E-state index is 0.0336. The van der Waals surface area contributed by atoms with E-state index in [9.17, 15) is 18.0 Å². The molecule has 2 aromatic heterocycles. The summed E-state index contributed by atoms with van der Waals surface area (Å²) in [7, 11) is 0. The van der Waals surface area contributed by atoms with Crippen molar-refractivity contribution < 1.29 is 22.4 Å². The highest BCUT2D eigenvalue weighted by molar-refractivity contribution is 7.16. The summed E-state index contributed by atoms with van der Waals surface area (Å²) in [5.41, 5.74) is 1.88. The molecule has 0 saturated carbocycles. The number of amides is 2. The van der Waals surface area contributed by atoms with Gasteiger partial charge in [-0.25, -0.2) is 9.78 Å². The summed E-state index contributed by atoms with van der Waals surface area (Å²) in [6.45, 7) is 5.07. The number of thiazole rings is 1. The number of anilines is 2. The van der Waals surface area contributed by atoms with Gasteiger partial charge in [0.15, 0.2) is 5.13 Å². The molecule has 1 aromatic carbocycles. The highest BCUT2D eigenvalue weighted by Crippen LogP contribution is 2.37. The summed E-state index contributed by atoms with van der Waals surface area (Å²) in [5, 5.41) is 5.44. The van der Waals surface area contributed by atoms with Crippen molar-refractivity contribution in [1.29, 1.82) is 0 Å². The van der Waals surface area contributed by atoms with Crippen LogP contribution in [-0.4, -0.2) is 11.0 Å². The average molecular weight is 430 g/mol. The van der Waals surface area contributed by atoms with Crippen LogP contribution in [-0.2, 0) is 6.18 Å². The van der Waals surface area contributed by atoms with Crippen LogP contribution in [0.2, 0.25) is 5.02 Å². The Balaban J connectivity index is 1.78. The smallest absolute Gasteiger partial charge is 0.451 e. The Kier molecular flexibility index (Phi) is 5.40. The van der Waals surface area contributed by atoms with Crippen molar-refractivity contribution in [2.45, 2.75) is 26.9 Å². The lowest BCUT2D eigenvalue weighted by Gasteiger charge is -2.07. The van der Waals surface area contributed by atoms with E-state index >= 15 is 0 Å². The van der Waals surface area contributed by atoms with Crippen LogP contribution in [0, 0.1) is 20.8 Å². The maximum Gasteiger partial charge on any atom is 0.451 e. The van der Waals surface area contributed by atoms with Gasteiger partial charge in [-0.05, 0) is 32.4 Å². The van der Waals surface area contributed by atoms with E-state index in [1.165, 1.54) is 18.3 Å². The summed E-state index contributed by atoms with van der Waals surface area (Å²) in [5.74, 6) is -1.23. The van der Waals surface area contributed by atoms with Gasteiger partial charge in [0.2, 0.25) is 5.76 Å². The average Bonchev–Trinajstić information content (AvgIpc) is 3.12. The molecule has 28 heavy (non-hydrogen) atoms. The third-order valence-electron chi connectivity index (χ3n) is 3.82. The molecule has 10 heteroatoms. The lowest BCUT2D eigenvalue weighted by Crippen LogP contribution is -2.21. The van der Waals surface area contributed by atoms with E-state index in [0.29, 0.717) is 10.7 Å². The topological polar surface area (TPSA) is 67.2 Å². The zero-order valence-corrected chi connectivity index (χ0v) is 16.6.